The number of nitrogens with zero attached hydrogens (tertiary/aromatic N) is 5. The Hall–Kier alpha value is -3.52. The minimum Gasteiger partial charge on any atom is -0.497 e. The van der Waals surface area contributed by atoms with Crippen molar-refractivity contribution < 1.29 is 4.74 Å². The molecule has 1 atom stereocenters. The molecule has 0 aliphatic carbocycles. The normalized spacial score (nSPS) is 12.9. The quantitative estimate of drug-likeness (QED) is 0.463. The van der Waals surface area contributed by atoms with Gasteiger partial charge in [-0.15, -0.1) is 5.10 Å². The van der Waals surface area contributed by atoms with Gasteiger partial charge in [-0.3, -0.25) is 9.69 Å². The van der Waals surface area contributed by atoms with Gasteiger partial charge in [-0.25, -0.2) is 4.68 Å². The SMILES string of the molecule is CCN(Cc1ccccc1)[C@H](c1cc2cc(OC)ccc2[nH]c1=O)c1nnnn1C(C)(C)C. The monoisotopic (exact) mass is 446 g/mol. The summed E-state index contributed by atoms with van der Waals surface area (Å²) in [7, 11) is 1.63. The van der Waals surface area contributed by atoms with E-state index in [0.29, 0.717) is 24.5 Å². The number of nitrogens with one attached hydrogen (secondary N) is 1. The molecule has 0 saturated carbocycles. The third-order valence-corrected chi connectivity index (χ3v) is 5.75. The van der Waals surface area contributed by atoms with Gasteiger partial charge in [0.15, 0.2) is 5.82 Å². The Balaban J connectivity index is 1.92. The first kappa shape index (κ1) is 22.7. The minimum atomic E-state index is -0.441. The van der Waals surface area contributed by atoms with Gasteiger partial charge in [0, 0.05) is 23.0 Å². The van der Waals surface area contributed by atoms with Gasteiger partial charge in [0.05, 0.1) is 12.6 Å². The second kappa shape index (κ2) is 9.15. The maximum Gasteiger partial charge on any atom is 0.253 e. The molecule has 0 aliphatic heterocycles. The van der Waals surface area contributed by atoms with Crippen LogP contribution in [0.2, 0.25) is 0 Å². The van der Waals surface area contributed by atoms with E-state index in [0.717, 1.165) is 22.2 Å². The van der Waals surface area contributed by atoms with Crippen molar-refractivity contribution in [2.45, 2.75) is 45.8 Å². The van der Waals surface area contributed by atoms with E-state index in [-0.39, 0.29) is 11.1 Å². The average Bonchev–Trinajstić information content (AvgIpc) is 3.29. The largest absolute Gasteiger partial charge is 0.497 e. The van der Waals surface area contributed by atoms with Crippen LogP contribution in [0, 0.1) is 0 Å². The predicted molar refractivity (Wildman–Crippen MR) is 128 cm³/mol. The van der Waals surface area contributed by atoms with Crippen molar-refractivity contribution in [3.05, 3.63) is 81.9 Å². The highest BCUT2D eigenvalue weighted by Gasteiger charge is 2.32. The Morgan fingerprint density at radius 2 is 1.88 bits per heavy atom. The first-order valence-corrected chi connectivity index (χ1v) is 11.1. The molecule has 2 aromatic carbocycles. The van der Waals surface area contributed by atoms with Gasteiger partial charge >= 0.3 is 0 Å². The minimum absolute atomic E-state index is 0.160. The summed E-state index contributed by atoms with van der Waals surface area (Å²) >= 11 is 0. The fourth-order valence-corrected chi connectivity index (χ4v) is 4.08. The summed E-state index contributed by atoms with van der Waals surface area (Å²) in [6.45, 7) is 9.58. The van der Waals surface area contributed by atoms with Crippen LogP contribution < -0.4 is 10.3 Å². The zero-order valence-corrected chi connectivity index (χ0v) is 19.7. The molecule has 2 aromatic heterocycles. The van der Waals surface area contributed by atoms with Crippen molar-refractivity contribution in [2.75, 3.05) is 13.7 Å². The molecule has 0 spiro atoms. The number of ether oxygens (including phenoxy) is 1. The number of H-pyrrole nitrogens is 1. The number of aromatic nitrogens is 5. The fraction of sp³-hybridized carbons (Fsp3) is 0.360. The third kappa shape index (κ3) is 4.66. The molecule has 8 nitrogen and oxygen atoms in total. The Bertz CT molecular complexity index is 1290. The van der Waals surface area contributed by atoms with Crippen molar-refractivity contribution in [3.63, 3.8) is 0 Å². The standard InChI is InChI=1S/C25H30N6O2/c1-6-30(16-17-10-8-7-9-11-17)22(23-27-28-29-31(23)25(2,3)4)20-15-18-14-19(33-5)12-13-21(18)26-24(20)32/h7-15,22H,6,16H2,1-5H3,(H,26,32)/t22-/m1/s1. The number of pyridine rings is 1. The zero-order valence-electron chi connectivity index (χ0n) is 19.7. The molecule has 0 radical (unpaired) electrons. The Kier molecular flexibility index (Phi) is 6.29. The summed E-state index contributed by atoms with van der Waals surface area (Å²) in [5.74, 6) is 1.36. The Labute approximate surface area is 193 Å². The van der Waals surface area contributed by atoms with E-state index in [2.05, 4.69) is 44.5 Å². The summed E-state index contributed by atoms with van der Waals surface area (Å²) in [5, 5.41) is 13.6. The van der Waals surface area contributed by atoms with Crippen LogP contribution in [0.5, 0.6) is 5.75 Å². The van der Waals surface area contributed by atoms with Gasteiger partial charge in [0.2, 0.25) is 0 Å². The number of tetrazole rings is 1. The maximum atomic E-state index is 13.4. The van der Waals surface area contributed by atoms with Crippen LogP contribution >= 0.6 is 0 Å². The number of benzene rings is 2. The highest BCUT2D eigenvalue weighted by Crippen LogP contribution is 2.31. The van der Waals surface area contributed by atoms with E-state index in [4.69, 9.17) is 4.74 Å². The lowest BCUT2D eigenvalue weighted by atomic mass is 10.0. The molecule has 0 amide bonds. The second-order valence-corrected chi connectivity index (χ2v) is 9.08. The molecule has 0 fully saturated rings. The molecular formula is C25H30N6O2. The predicted octanol–water partition coefficient (Wildman–Crippen LogP) is 3.89. The number of methoxy groups -OCH3 is 1. The van der Waals surface area contributed by atoms with Gasteiger partial charge in [-0.05, 0) is 67.6 Å². The molecule has 4 aromatic rings. The molecule has 2 heterocycles. The number of hydrogen-bond donors (Lipinski definition) is 1. The van der Waals surface area contributed by atoms with E-state index < -0.39 is 6.04 Å². The number of rotatable bonds is 7. The molecule has 33 heavy (non-hydrogen) atoms. The van der Waals surface area contributed by atoms with Gasteiger partial charge in [-0.1, -0.05) is 37.3 Å². The average molecular weight is 447 g/mol. The fourth-order valence-electron chi connectivity index (χ4n) is 4.08. The van der Waals surface area contributed by atoms with Crippen LogP contribution in [0.25, 0.3) is 10.9 Å². The number of aromatic amines is 1. The lowest BCUT2D eigenvalue weighted by Crippen LogP contribution is -2.37. The number of hydrogen-bond acceptors (Lipinski definition) is 6. The summed E-state index contributed by atoms with van der Waals surface area (Å²) in [5.41, 5.74) is 1.99. The van der Waals surface area contributed by atoms with Crippen LogP contribution in [0.15, 0.2) is 59.4 Å². The topological polar surface area (TPSA) is 88.9 Å². The van der Waals surface area contributed by atoms with Crippen molar-refractivity contribution in [1.29, 1.82) is 0 Å². The summed E-state index contributed by atoms with van der Waals surface area (Å²) < 4.78 is 7.20. The van der Waals surface area contributed by atoms with Crippen LogP contribution in [0.1, 0.15) is 50.7 Å². The third-order valence-electron chi connectivity index (χ3n) is 5.75. The van der Waals surface area contributed by atoms with Crippen molar-refractivity contribution >= 4 is 10.9 Å². The van der Waals surface area contributed by atoms with Crippen molar-refractivity contribution in [3.8, 4) is 5.75 Å². The second-order valence-electron chi connectivity index (χ2n) is 9.08. The lowest BCUT2D eigenvalue weighted by molar-refractivity contribution is 0.202. The lowest BCUT2D eigenvalue weighted by Gasteiger charge is -2.32. The van der Waals surface area contributed by atoms with Crippen LogP contribution in [-0.4, -0.2) is 43.7 Å². The van der Waals surface area contributed by atoms with Crippen LogP contribution in [0.4, 0.5) is 0 Å². The first-order chi connectivity index (χ1) is 15.8. The smallest absolute Gasteiger partial charge is 0.253 e. The molecular weight excluding hydrogens is 416 g/mol. The molecule has 172 valence electrons. The van der Waals surface area contributed by atoms with Crippen molar-refractivity contribution in [2.24, 2.45) is 0 Å². The highest BCUT2D eigenvalue weighted by atomic mass is 16.5. The molecule has 0 bridgehead atoms. The number of fused-ring (bicyclic) bond motifs is 1. The van der Waals surface area contributed by atoms with Gasteiger partial charge in [0.25, 0.3) is 5.56 Å². The first-order valence-electron chi connectivity index (χ1n) is 11.1. The molecule has 4 rings (SSSR count). The zero-order chi connectivity index (χ0) is 23.6. The highest BCUT2D eigenvalue weighted by molar-refractivity contribution is 5.80. The molecule has 8 heteroatoms. The summed E-state index contributed by atoms with van der Waals surface area (Å²) in [4.78, 5) is 18.6. The maximum absolute atomic E-state index is 13.4. The van der Waals surface area contributed by atoms with Gasteiger partial charge in [-0.2, -0.15) is 0 Å². The molecule has 0 aliphatic rings. The van der Waals surface area contributed by atoms with E-state index in [1.807, 2.05) is 63.2 Å². The molecule has 0 saturated heterocycles. The summed E-state index contributed by atoms with van der Waals surface area (Å²) in [6, 6.07) is 17.3. The van der Waals surface area contributed by atoms with E-state index in [9.17, 15) is 4.79 Å². The molecule has 1 N–H and O–H groups in total. The van der Waals surface area contributed by atoms with E-state index >= 15 is 0 Å². The summed E-state index contributed by atoms with van der Waals surface area (Å²) in [6.07, 6.45) is 0. The van der Waals surface area contributed by atoms with Gasteiger partial charge < -0.3 is 9.72 Å². The van der Waals surface area contributed by atoms with E-state index in [1.165, 1.54) is 0 Å². The Morgan fingerprint density at radius 3 is 2.55 bits per heavy atom. The van der Waals surface area contributed by atoms with Crippen molar-refractivity contribution in [1.82, 2.24) is 30.1 Å². The molecule has 0 unspecified atom stereocenters. The van der Waals surface area contributed by atoms with E-state index in [1.54, 1.807) is 11.8 Å². The van der Waals surface area contributed by atoms with Crippen LogP contribution in [0.3, 0.4) is 0 Å². The van der Waals surface area contributed by atoms with Gasteiger partial charge in [0.1, 0.15) is 11.8 Å². The van der Waals surface area contributed by atoms with Crippen LogP contribution in [-0.2, 0) is 12.1 Å². The Morgan fingerprint density at radius 1 is 1.12 bits per heavy atom.